The topological polar surface area (TPSA) is 76.4 Å². The molecule has 0 bridgehead atoms. The minimum Gasteiger partial charge on any atom is -0.494 e. The van der Waals surface area contributed by atoms with Gasteiger partial charge in [-0.05, 0) is 57.9 Å². The lowest BCUT2D eigenvalue weighted by Gasteiger charge is -2.14. The Balaban J connectivity index is 1.61. The fourth-order valence-corrected chi connectivity index (χ4v) is 2.42. The third-order valence-electron chi connectivity index (χ3n) is 3.76. The van der Waals surface area contributed by atoms with Crippen LogP contribution in [0.3, 0.4) is 0 Å². The van der Waals surface area contributed by atoms with Crippen LogP contribution < -0.4 is 15.4 Å². The van der Waals surface area contributed by atoms with Crippen molar-refractivity contribution in [3.05, 3.63) is 47.1 Å². The molecule has 1 unspecified atom stereocenters. The molecule has 7 heteroatoms. The van der Waals surface area contributed by atoms with Crippen LogP contribution in [-0.2, 0) is 6.42 Å². The number of aromatic nitrogens is 1. The smallest absolute Gasteiger partial charge is 0.315 e. The minimum absolute atomic E-state index is 0.0349. The van der Waals surface area contributed by atoms with Crippen molar-refractivity contribution in [1.29, 1.82) is 0 Å². The number of benzene rings is 1. The molecule has 0 aliphatic heterocycles. The van der Waals surface area contributed by atoms with Gasteiger partial charge in [0.25, 0.3) is 0 Å². The first kappa shape index (κ1) is 18.8. The predicted octanol–water partition coefficient (Wildman–Crippen LogP) is 3.13. The first-order chi connectivity index (χ1) is 12.0. The summed E-state index contributed by atoms with van der Waals surface area (Å²) in [5, 5.41) is 9.58. The molecule has 25 heavy (non-hydrogen) atoms. The molecular formula is C18H24FN3O3. The van der Waals surface area contributed by atoms with Gasteiger partial charge in [-0.3, -0.25) is 0 Å². The van der Waals surface area contributed by atoms with E-state index >= 15 is 0 Å². The van der Waals surface area contributed by atoms with E-state index in [9.17, 15) is 9.18 Å². The molecule has 0 saturated heterocycles. The van der Waals surface area contributed by atoms with Crippen LogP contribution in [0.1, 0.15) is 30.4 Å². The Morgan fingerprint density at radius 3 is 2.68 bits per heavy atom. The molecule has 0 aliphatic carbocycles. The zero-order chi connectivity index (χ0) is 18.2. The number of nitrogens with zero attached hydrogens (tertiary/aromatic N) is 1. The van der Waals surface area contributed by atoms with E-state index in [1.54, 1.807) is 12.1 Å². The second-order valence-electron chi connectivity index (χ2n) is 5.96. The number of urea groups is 1. The van der Waals surface area contributed by atoms with E-state index in [0.717, 1.165) is 17.0 Å². The average molecular weight is 349 g/mol. The molecule has 1 aromatic heterocycles. The lowest BCUT2D eigenvalue weighted by atomic mass is 10.1. The summed E-state index contributed by atoms with van der Waals surface area (Å²) in [6.07, 6.45) is 1.32. The number of rotatable bonds is 8. The summed E-state index contributed by atoms with van der Waals surface area (Å²) in [6.45, 7) is 6.62. The van der Waals surface area contributed by atoms with Crippen LogP contribution in [0, 0.1) is 19.7 Å². The second kappa shape index (κ2) is 9.05. The maximum Gasteiger partial charge on any atom is 0.315 e. The predicted molar refractivity (Wildman–Crippen MR) is 92.2 cm³/mol. The fraction of sp³-hybridized carbons (Fsp3) is 0.444. The number of nitrogens with one attached hydrogen (secondary N) is 2. The van der Waals surface area contributed by atoms with Crippen molar-refractivity contribution in [2.75, 3.05) is 13.2 Å². The molecule has 0 spiro atoms. The standard InChI is InChI=1S/C18H24FN3O3/c1-12(11-17-13(2)22-25-14(17)3)21-18(23)20-9-4-10-24-16-7-5-15(19)6-8-16/h5-8,12H,4,9-11H2,1-3H3,(H2,20,21,23). The van der Waals surface area contributed by atoms with Crippen molar-refractivity contribution in [1.82, 2.24) is 15.8 Å². The number of hydrogen-bond donors (Lipinski definition) is 2. The quantitative estimate of drug-likeness (QED) is 0.718. The van der Waals surface area contributed by atoms with Crippen molar-refractivity contribution in [3.63, 3.8) is 0 Å². The summed E-state index contributed by atoms with van der Waals surface area (Å²) in [4.78, 5) is 11.9. The number of carbonyl (C=O) groups excluding carboxylic acids is 1. The van der Waals surface area contributed by atoms with Crippen molar-refractivity contribution in [3.8, 4) is 5.75 Å². The Hall–Kier alpha value is -2.57. The normalized spacial score (nSPS) is 11.8. The van der Waals surface area contributed by atoms with E-state index in [0.29, 0.717) is 31.7 Å². The summed E-state index contributed by atoms with van der Waals surface area (Å²) in [5.41, 5.74) is 1.88. The summed E-state index contributed by atoms with van der Waals surface area (Å²) in [5.74, 6) is 1.10. The highest BCUT2D eigenvalue weighted by Crippen LogP contribution is 2.14. The van der Waals surface area contributed by atoms with Gasteiger partial charge in [-0.1, -0.05) is 5.16 Å². The highest BCUT2D eigenvalue weighted by Gasteiger charge is 2.14. The van der Waals surface area contributed by atoms with Gasteiger partial charge in [-0.25, -0.2) is 9.18 Å². The van der Waals surface area contributed by atoms with Crippen LogP contribution in [0.5, 0.6) is 5.75 Å². The van der Waals surface area contributed by atoms with Gasteiger partial charge in [0.2, 0.25) is 0 Å². The molecule has 6 nitrogen and oxygen atoms in total. The molecule has 1 heterocycles. The molecule has 2 N–H and O–H groups in total. The number of hydrogen-bond acceptors (Lipinski definition) is 4. The monoisotopic (exact) mass is 349 g/mol. The number of aryl methyl sites for hydroxylation is 2. The lowest BCUT2D eigenvalue weighted by Crippen LogP contribution is -2.42. The third-order valence-corrected chi connectivity index (χ3v) is 3.76. The van der Waals surface area contributed by atoms with E-state index in [-0.39, 0.29) is 17.9 Å². The Kier molecular flexibility index (Phi) is 6.80. The van der Waals surface area contributed by atoms with Crippen molar-refractivity contribution >= 4 is 6.03 Å². The van der Waals surface area contributed by atoms with E-state index in [1.165, 1.54) is 12.1 Å². The van der Waals surface area contributed by atoms with Crippen LogP contribution in [-0.4, -0.2) is 30.4 Å². The summed E-state index contributed by atoms with van der Waals surface area (Å²) < 4.78 is 23.4. The number of ether oxygens (including phenoxy) is 1. The second-order valence-corrected chi connectivity index (χ2v) is 5.96. The van der Waals surface area contributed by atoms with Crippen LogP contribution in [0.15, 0.2) is 28.8 Å². The third kappa shape index (κ3) is 6.10. The van der Waals surface area contributed by atoms with E-state index < -0.39 is 0 Å². The van der Waals surface area contributed by atoms with Crippen molar-refractivity contribution < 1.29 is 18.4 Å². The molecule has 2 rings (SSSR count). The number of carbonyl (C=O) groups is 1. The van der Waals surface area contributed by atoms with Gasteiger partial charge in [0, 0.05) is 18.2 Å². The number of amides is 2. The Bertz CT molecular complexity index is 666. The zero-order valence-corrected chi connectivity index (χ0v) is 14.8. The summed E-state index contributed by atoms with van der Waals surface area (Å²) in [6, 6.07) is 5.59. The minimum atomic E-state index is -0.295. The molecule has 0 aliphatic rings. The van der Waals surface area contributed by atoms with Crippen molar-refractivity contribution in [2.45, 2.75) is 39.7 Å². The lowest BCUT2D eigenvalue weighted by molar-refractivity contribution is 0.236. The maximum atomic E-state index is 12.8. The van der Waals surface area contributed by atoms with E-state index in [2.05, 4.69) is 15.8 Å². The van der Waals surface area contributed by atoms with Crippen LogP contribution >= 0.6 is 0 Å². The molecular weight excluding hydrogens is 325 g/mol. The molecule has 0 saturated carbocycles. The van der Waals surface area contributed by atoms with Gasteiger partial charge in [0.05, 0.1) is 12.3 Å². The molecule has 0 fully saturated rings. The van der Waals surface area contributed by atoms with Crippen LogP contribution in [0.4, 0.5) is 9.18 Å². The average Bonchev–Trinajstić information content (AvgIpc) is 2.88. The summed E-state index contributed by atoms with van der Waals surface area (Å²) >= 11 is 0. The highest BCUT2D eigenvalue weighted by atomic mass is 19.1. The molecule has 2 aromatic rings. The van der Waals surface area contributed by atoms with Gasteiger partial charge in [0.1, 0.15) is 17.3 Å². The van der Waals surface area contributed by atoms with Gasteiger partial charge in [-0.2, -0.15) is 0 Å². The zero-order valence-electron chi connectivity index (χ0n) is 14.8. The first-order valence-corrected chi connectivity index (χ1v) is 8.30. The first-order valence-electron chi connectivity index (χ1n) is 8.30. The van der Waals surface area contributed by atoms with Gasteiger partial charge >= 0.3 is 6.03 Å². The van der Waals surface area contributed by atoms with Gasteiger partial charge in [0.15, 0.2) is 0 Å². The fourth-order valence-electron chi connectivity index (χ4n) is 2.42. The summed E-state index contributed by atoms with van der Waals surface area (Å²) in [7, 11) is 0. The molecule has 2 amide bonds. The van der Waals surface area contributed by atoms with E-state index in [4.69, 9.17) is 9.26 Å². The van der Waals surface area contributed by atoms with Gasteiger partial charge in [-0.15, -0.1) is 0 Å². The van der Waals surface area contributed by atoms with Crippen molar-refractivity contribution in [2.24, 2.45) is 0 Å². The molecule has 136 valence electrons. The molecule has 0 radical (unpaired) electrons. The SMILES string of the molecule is Cc1noc(C)c1CC(C)NC(=O)NCCCOc1ccc(F)cc1. The van der Waals surface area contributed by atoms with E-state index in [1.807, 2.05) is 20.8 Å². The Labute approximate surface area is 146 Å². The highest BCUT2D eigenvalue weighted by molar-refractivity contribution is 5.74. The Morgan fingerprint density at radius 2 is 2.04 bits per heavy atom. The van der Waals surface area contributed by atoms with Crippen LogP contribution in [0.25, 0.3) is 0 Å². The van der Waals surface area contributed by atoms with Gasteiger partial charge < -0.3 is 19.9 Å². The van der Waals surface area contributed by atoms with Crippen LogP contribution in [0.2, 0.25) is 0 Å². The Morgan fingerprint density at radius 1 is 1.32 bits per heavy atom. The maximum absolute atomic E-state index is 12.8. The largest absolute Gasteiger partial charge is 0.494 e. The molecule has 1 aromatic carbocycles. The number of halogens is 1. The molecule has 1 atom stereocenters.